The number of carbonyl (C=O) groups excluding carboxylic acids is 1. The number of carbonyl (C=O) groups is 1. The number of rotatable bonds is 4. The molecular weight excluding hydrogens is 348 g/mol. The lowest BCUT2D eigenvalue weighted by molar-refractivity contribution is -0.148. The number of ether oxygens (including phenoxy) is 1. The van der Waals surface area contributed by atoms with Crippen LogP contribution < -0.4 is 0 Å². The summed E-state index contributed by atoms with van der Waals surface area (Å²) in [6.07, 6.45) is 4.16. The van der Waals surface area contributed by atoms with E-state index in [1.807, 2.05) is 18.3 Å². The molecule has 1 unspecified atom stereocenters. The topological polar surface area (TPSA) is 71.1 Å². The van der Waals surface area contributed by atoms with Crippen LogP contribution in [0.25, 0.3) is 10.6 Å². The van der Waals surface area contributed by atoms with Crippen molar-refractivity contribution in [2.75, 3.05) is 7.11 Å². The Kier molecular flexibility index (Phi) is 4.57. The van der Waals surface area contributed by atoms with Gasteiger partial charge in [-0.25, -0.2) is 9.97 Å². The molecule has 1 aliphatic heterocycles. The predicted octanol–water partition coefficient (Wildman–Crippen LogP) is 2.94. The smallest absolute Gasteiger partial charge is 0.323 e. The number of esters is 1. The summed E-state index contributed by atoms with van der Waals surface area (Å²) in [7, 11) is 1.43. The van der Waals surface area contributed by atoms with Crippen LogP contribution in [0.1, 0.15) is 21.8 Å². The molecule has 26 heavy (non-hydrogen) atoms. The van der Waals surface area contributed by atoms with Gasteiger partial charge in [-0.05, 0) is 12.5 Å². The molecule has 3 aromatic rings. The second kappa shape index (κ2) is 7.01. The third-order valence-corrected chi connectivity index (χ3v) is 5.77. The van der Waals surface area contributed by atoms with Crippen molar-refractivity contribution in [3.05, 3.63) is 58.6 Å². The van der Waals surface area contributed by atoms with Crippen molar-refractivity contribution in [3.8, 4) is 10.6 Å². The molecule has 0 amide bonds. The van der Waals surface area contributed by atoms with E-state index in [2.05, 4.69) is 38.9 Å². The highest BCUT2D eigenvalue weighted by molar-refractivity contribution is 7.15. The average molecular weight is 368 g/mol. The minimum atomic E-state index is -0.320. The van der Waals surface area contributed by atoms with Gasteiger partial charge in [0.2, 0.25) is 0 Å². The number of hydrogen-bond donors (Lipinski definition) is 1. The van der Waals surface area contributed by atoms with Crippen LogP contribution >= 0.6 is 11.3 Å². The zero-order valence-electron chi connectivity index (χ0n) is 14.7. The van der Waals surface area contributed by atoms with Crippen molar-refractivity contribution < 1.29 is 9.53 Å². The number of aryl methyl sites for hydroxylation is 1. The number of thiazole rings is 1. The molecule has 1 atom stereocenters. The summed E-state index contributed by atoms with van der Waals surface area (Å²) in [5, 5.41) is 1.01. The van der Waals surface area contributed by atoms with Crippen LogP contribution in [0, 0.1) is 6.92 Å². The molecule has 0 radical (unpaired) electrons. The highest BCUT2D eigenvalue weighted by atomic mass is 32.1. The number of benzene rings is 1. The second-order valence-electron chi connectivity index (χ2n) is 6.42. The first-order chi connectivity index (χ1) is 12.7. The Morgan fingerprint density at radius 1 is 1.38 bits per heavy atom. The first kappa shape index (κ1) is 16.9. The Labute approximate surface area is 155 Å². The normalized spacial score (nSPS) is 17.1. The van der Waals surface area contributed by atoms with E-state index in [1.165, 1.54) is 12.7 Å². The first-order valence-corrected chi connectivity index (χ1v) is 9.31. The van der Waals surface area contributed by atoms with Gasteiger partial charge in [-0.1, -0.05) is 24.3 Å². The summed E-state index contributed by atoms with van der Waals surface area (Å²) in [6, 6.07) is 7.92. The van der Waals surface area contributed by atoms with Crippen molar-refractivity contribution in [1.82, 2.24) is 19.9 Å². The first-order valence-electron chi connectivity index (χ1n) is 8.49. The van der Waals surface area contributed by atoms with E-state index < -0.39 is 0 Å². The van der Waals surface area contributed by atoms with E-state index in [4.69, 9.17) is 4.74 Å². The zero-order valence-corrected chi connectivity index (χ0v) is 15.5. The van der Waals surface area contributed by atoms with Crippen molar-refractivity contribution in [2.24, 2.45) is 0 Å². The number of hydrogen-bond acceptors (Lipinski definition) is 6. The molecule has 0 spiro atoms. The van der Waals surface area contributed by atoms with Gasteiger partial charge in [-0.15, -0.1) is 11.3 Å². The van der Waals surface area contributed by atoms with E-state index in [0.29, 0.717) is 19.5 Å². The molecule has 1 aromatic carbocycles. The Bertz CT molecular complexity index is 933. The predicted molar refractivity (Wildman–Crippen MR) is 99.6 cm³/mol. The summed E-state index contributed by atoms with van der Waals surface area (Å²) in [5.74, 6) is -0.220. The molecule has 0 aliphatic carbocycles. The van der Waals surface area contributed by atoms with Gasteiger partial charge < -0.3 is 9.72 Å². The van der Waals surface area contributed by atoms with Gasteiger partial charge in [0.15, 0.2) is 0 Å². The highest BCUT2D eigenvalue weighted by Crippen LogP contribution is 2.30. The quantitative estimate of drug-likeness (QED) is 0.717. The Hall–Kier alpha value is -2.51. The fourth-order valence-corrected chi connectivity index (χ4v) is 4.37. The molecular formula is C19H20N4O2S. The number of H-pyrrole nitrogens is 1. The number of nitrogens with one attached hydrogen (secondary N) is 1. The van der Waals surface area contributed by atoms with Gasteiger partial charge in [0.25, 0.3) is 0 Å². The average Bonchev–Trinajstić information content (AvgIpc) is 3.30. The molecule has 0 saturated carbocycles. The van der Waals surface area contributed by atoms with Crippen molar-refractivity contribution >= 4 is 17.3 Å². The Morgan fingerprint density at radius 3 is 3.04 bits per heavy atom. The van der Waals surface area contributed by atoms with Gasteiger partial charge in [0.1, 0.15) is 11.0 Å². The van der Waals surface area contributed by atoms with Gasteiger partial charge in [-0.3, -0.25) is 9.69 Å². The lowest BCUT2D eigenvalue weighted by Crippen LogP contribution is -2.45. The Balaban J connectivity index is 1.58. The molecule has 1 N–H and O–H groups in total. The molecule has 3 heterocycles. The van der Waals surface area contributed by atoms with Crippen LogP contribution in [0.4, 0.5) is 0 Å². The minimum Gasteiger partial charge on any atom is -0.468 e. The molecule has 7 heteroatoms. The third-order valence-electron chi connectivity index (χ3n) is 4.76. The van der Waals surface area contributed by atoms with Crippen LogP contribution in [0.5, 0.6) is 0 Å². The van der Waals surface area contributed by atoms with Crippen LogP contribution in [0.2, 0.25) is 0 Å². The van der Waals surface area contributed by atoms with E-state index in [1.54, 1.807) is 17.7 Å². The Morgan fingerprint density at radius 2 is 2.23 bits per heavy atom. The number of aromatic amines is 1. The van der Waals surface area contributed by atoms with Crippen LogP contribution in [0.3, 0.4) is 0 Å². The van der Waals surface area contributed by atoms with Crippen molar-refractivity contribution in [2.45, 2.75) is 32.5 Å². The maximum Gasteiger partial charge on any atom is 0.323 e. The maximum absolute atomic E-state index is 12.3. The van der Waals surface area contributed by atoms with E-state index >= 15 is 0 Å². The third kappa shape index (κ3) is 3.15. The van der Waals surface area contributed by atoms with E-state index in [0.717, 1.165) is 26.8 Å². The van der Waals surface area contributed by atoms with E-state index in [9.17, 15) is 4.79 Å². The molecule has 0 fully saturated rings. The second-order valence-corrected chi connectivity index (χ2v) is 7.54. The van der Waals surface area contributed by atoms with E-state index in [-0.39, 0.29) is 12.0 Å². The zero-order chi connectivity index (χ0) is 18.1. The molecule has 0 bridgehead atoms. The molecule has 2 aromatic heterocycles. The summed E-state index contributed by atoms with van der Waals surface area (Å²) in [4.78, 5) is 27.6. The lowest BCUT2D eigenvalue weighted by atomic mass is 10.0. The fourth-order valence-electron chi connectivity index (χ4n) is 3.34. The largest absolute Gasteiger partial charge is 0.468 e. The summed E-state index contributed by atoms with van der Waals surface area (Å²) in [6.45, 7) is 3.39. The number of aromatic nitrogens is 3. The van der Waals surface area contributed by atoms with Gasteiger partial charge in [-0.2, -0.15) is 0 Å². The summed E-state index contributed by atoms with van der Waals surface area (Å²) < 4.78 is 5.01. The molecule has 134 valence electrons. The summed E-state index contributed by atoms with van der Waals surface area (Å²) >= 11 is 1.67. The van der Waals surface area contributed by atoms with Crippen LogP contribution in [0.15, 0.2) is 36.8 Å². The molecule has 0 saturated heterocycles. The fraction of sp³-hybridized carbons (Fsp3) is 0.316. The standard InChI is InChI=1S/C19H20N4O2S/c1-12-5-3-4-6-14(12)18-20-8-13(26-18)9-23-10-16-15(21-11-22-16)7-17(23)19(24)25-2/h3-6,8,11,17H,7,9-10H2,1-2H3,(H,21,22). The van der Waals surface area contributed by atoms with Gasteiger partial charge in [0, 0.05) is 36.1 Å². The van der Waals surface area contributed by atoms with Crippen molar-refractivity contribution in [3.63, 3.8) is 0 Å². The monoisotopic (exact) mass is 368 g/mol. The highest BCUT2D eigenvalue weighted by Gasteiger charge is 2.34. The molecule has 4 rings (SSSR count). The summed E-state index contributed by atoms with van der Waals surface area (Å²) in [5.41, 5.74) is 4.37. The maximum atomic E-state index is 12.3. The number of fused-ring (bicyclic) bond motifs is 1. The van der Waals surface area contributed by atoms with Crippen LogP contribution in [-0.2, 0) is 29.0 Å². The van der Waals surface area contributed by atoms with Gasteiger partial charge in [0.05, 0.1) is 24.8 Å². The molecule has 1 aliphatic rings. The number of methoxy groups -OCH3 is 1. The van der Waals surface area contributed by atoms with Crippen LogP contribution in [-0.4, -0.2) is 39.0 Å². The SMILES string of the molecule is COC(=O)C1Cc2nc[nH]c2CN1Cc1cnc(-c2ccccc2C)s1. The van der Waals surface area contributed by atoms with Crippen molar-refractivity contribution in [1.29, 1.82) is 0 Å². The number of nitrogens with zero attached hydrogens (tertiary/aromatic N) is 3. The lowest BCUT2D eigenvalue weighted by Gasteiger charge is -2.32. The van der Waals surface area contributed by atoms with Gasteiger partial charge >= 0.3 is 5.97 Å². The number of imidazole rings is 1. The molecule has 6 nitrogen and oxygen atoms in total. The minimum absolute atomic E-state index is 0.220.